The molecule has 1 aromatic heterocycles. The molecule has 5 rings (SSSR count). The third kappa shape index (κ3) is 4.33. The lowest BCUT2D eigenvalue weighted by molar-refractivity contribution is -0.134. The Kier molecular flexibility index (Phi) is 6.12. The first-order valence-electron chi connectivity index (χ1n) is 12.2. The van der Waals surface area contributed by atoms with Crippen LogP contribution in [0, 0.1) is 0 Å². The Morgan fingerprint density at radius 1 is 1.17 bits per heavy atom. The zero-order chi connectivity index (χ0) is 24.6. The van der Waals surface area contributed by atoms with E-state index in [9.17, 15) is 14.4 Å². The number of rotatable bonds is 6. The highest BCUT2D eigenvalue weighted by molar-refractivity contribution is 6.01. The molecule has 2 aromatic rings. The Morgan fingerprint density at radius 2 is 1.94 bits per heavy atom. The second-order valence-corrected chi connectivity index (χ2v) is 9.45. The van der Waals surface area contributed by atoms with E-state index in [1.165, 1.54) is 17.2 Å². The lowest BCUT2D eigenvalue weighted by Gasteiger charge is -2.44. The molecule has 10 heteroatoms. The van der Waals surface area contributed by atoms with E-state index in [4.69, 9.17) is 14.2 Å². The van der Waals surface area contributed by atoms with Crippen LogP contribution in [-0.4, -0.2) is 57.4 Å². The number of fused-ring (bicyclic) bond motifs is 2. The zero-order valence-corrected chi connectivity index (χ0v) is 20.0. The Hall–Kier alpha value is -3.56. The summed E-state index contributed by atoms with van der Waals surface area (Å²) in [4.78, 5) is 41.3. The van der Waals surface area contributed by atoms with Crippen LogP contribution in [-0.2, 0) is 22.6 Å². The van der Waals surface area contributed by atoms with Crippen LogP contribution in [0.2, 0.25) is 0 Å². The average Bonchev–Trinajstić information content (AvgIpc) is 3.49. The zero-order valence-electron chi connectivity index (χ0n) is 20.0. The number of hydrogen-bond acceptors (Lipinski definition) is 7. The molecule has 1 aromatic carbocycles. The van der Waals surface area contributed by atoms with E-state index in [2.05, 4.69) is 10.4 Å². The Labute approximate surface area is 203 Å². The van der Waals surface area contributed by atoms with Gasteiger partial charge in [-0.3, -0.25) is 14.3 Å². The van der Waals surface area contributed by atoms with Gasteiger partial charge in [0.15, 0.2) is 17.2 Å². The number of aromatic nitrogens is 2. The predicted octanol–water partition coefficient (Wildman–Crippen LogP) is 2.65. The number of amides is 2. The third-order valence-electron chi connectivity index (χ3n) is 6.99. The van der Waals surface area contributed by atoms with Gasteiger partial charge in [-0.25, -0.2) is 4.79 Å². The van der Waals surface area contributed by atoms with Crippen molar-refractivity contribution in [3.8, 4) is 11.5 Å². The van der Waals surface area contributed by atoms with E-state index in [0.29, 0.717) is 11.5 Å². The van der Waals surface area contributed by atoms with Crippen LogP contribution in [0.1, 0.15) is 72.5 Å². The summed E-state index contributed by atoms with van der Waals surface area (Å²) in [5.74, 6) is 0.0529. The van der Waals surface area contributed by atoms with Gasteiger partial charge in [-0.15, -0.1) is 0 Å². The van der Waals surface area contributed by atoms with Crippen molar-refractivity contribution in [2.24, 2.45) is 0 Å². The molecule has 1 aliphatic carbocycles. The minimum Gasteiger partial charge on any atom is -0.461 e. The number of hydrogen-bond donors (Lipinski definition) is 1. The van der Waals surface area contributed by atoms with E-state index in [-0.39, 0.29) is 55.7 Å². The monoisotopic (exact) mass is 482 g/mol. The molecular weight excluding hydrogens is 452 g/mol. The molecule has 0 spiro atoms. The van der Waals surface area contributed by atoms with E-state index in [1.807, 2.05) is 12.1 Å². The largest absolute Gasteiger partial charge is 0.461 e. The summed E-state index contributed by atoms with van der Waals surface area (Å²) in [6.07, 6.45) is 5.18. The molecule has 3 heterocycles. The molecule has 0 unspecified atom stereocenters. The van der Waals surface area contributed by atoms with E-state index in [1.54, 1.807) is 24.8 Å². The van der Waals surface area contributed by atoms with Gasteiger partial charge in [0.05, 0.1) is 13.2 Å². The molecule has 1 saturated carbocycles. The van der Waals surface area contributed by atoms with Crippen LogP contribution < -0.4 is 14.8 Å². The molecule has 10 nitrogen and oxygen atoms in total. The van der Waals surface area contributed by atoms with Gasteiger partial charge in [0.2, 0.25) is 12.7 Å². The van der Waals surface area contributed by atoms with Gasteiger partial charge in [-0.1, -0.05) is 25.3 Å². The second-order valence-electron chi connectivity index (χ2n) is 9.45. The Morgan fingerprint density at radius 3 is 2.71 bits per heavy atom. The molecule has 1 fully saturated rings. The van der Waals surface area contributed by atoms with Crippen molar-refractivity contribution in [3.05, 3.63) is 41.2 Å². The summed E-state index contributed by atoms with van der Waals surface area (Å²) in [7, 11) is 0. The number of nitrogens with one attached hydrogen (secondary N) is 1. The van der Waals surface area contributed by atoms with Crippen LogP contribution >= 0.6 is 0 Å². The molecule has 2 aliphatic heterocycles. The number of carbonyl (C=O) groups excluding carboxylic acids is 3. The van der Waals surface area contributed by atoms with Crippen molar-refractivity contribution in [1.29, 1.82) is 0 Å². The van der Waals surface area contributed by atoms with E-state index in [0.717, 1.165) is 31.2 Å². The van der Waals surface area contributed by atoms with Crippen LogP contribution in [0.25, 0.3) is 0 Å². The van der Waals surface area contributed by atoms with Crippen molar-refractivity contribution >= 4 is 17.8 Å². The fraction of sp³-hybridized carbons (Fsp3) is 0.520. The first-order chi connectivity index (χ1) is 16.9. The molecule has 0 saturated heterocycles. The van der Waals surface area contributed by atoms with Crippen molar-refractivity contribution in [2.45, 2.75) is 70.6 Å². The van der Waals surface area contributed by atoms with Crippen LogP contribution in [0.5, 0.6) is 11.5 Å². The minimum atomic E-state index is -1.21. The quantitative estimate of drug-likeness (QED) is 0.630. The van der Waals surface area contributed by atoms with Crippen LogP contribution in [0.3, 0.4) is 0 Å². The van der Waals surface area contributed by atoms with Gasteiger partial charge >= 0.3 is 5.97 Å². The fourth-order valence-corrected chi connectivity index (χ4v) is 5.00. The molecule has 0 radical (unpaired) electrons. The maximum atomic E-state index is 13.7. The van der Waals surface area contributed by atoms with Crippen molar-refractivity contribution in [1.82, 2.24) is 20.0 Å². The van der Waals surface area contributed by atoms with Crippen molar-refractivity contribution in [3.63, 3.8) is 0 Å². The SMILES string of the molecule is CCOC(=O)c1cc2n(n1)C[C@](C)(C(=O)NC1CCCCC1)N(Cc1ccc3c(c1)OCO3)C2=O. The summed E-state index contributed by atoms with van der Waals surface area (Å²) < 4.78 is 17.4. The van der Waals surface area contributed by atoms with Gasteiger partial charge in [-0.2, -0.15) is 5.10 Å². The molecule has 1 atom stereocenters. The lowest BCUT2D eigenvalue weighted by Crippen LogP contribution is -2.64. The highest BCUT2D eigenvalue weighted by Crippen LogP contribution is 2.35. The number of nitrogens with zero attached hydrogens (tertiary/aromatic N) is 3. The van der Waals surface area contributed by atoms with Gasteiger partial charge in [-0.05, 0) is 44.4 Å². The van der Waals surface area contributed by atoms with E-state index >= 15 is 0 Å². The predicted molar refractivity (Wildman–Crippen MR) is 124 cm³/mol. The molecule has 186 valence electrons. The van der Waals surface area contributed by atoms with E-state index < -0.39 is 11.5 Å². The first kappa shape index (κ1) is 23.2. The Bertz CT molecular complexity index is 1150. The molecule has 1 N–H and O–H groups in total. The smallest absolute Gasteiger partial charge is 0.358 e. The molecule has 2 amide bonds. The number of benzene rings is 1. The maximum absolute atomic E-state index is 13.7. The summed E-state index contributed by atoms with van der Waals surface area (Å²) in [5.41, 5.74) is -0.111. The topological polar surface area (TPSA) is 112 Å². The first-order valence-corrected chi connectivity index (χ1v) is 12.2. The van der Waals surface area contributed by atoms with Crippen LogP contribution in [0.4, 0.5) is 0 Å². The van der Waals surface area contributed by atoms with Crippen molar-refractivity contribution in [2.75, 3.05) is 13.4 Å². The van der Waals surface area contributed by atoms with Gasteiger partial charge in [0.25, 0.3) is 5.91 Å². The van der Waals surface area contributed by atoms with Gasteiger partial charge < -0.3 is 24.4 Å². The Balaban J connectivity index is 1.48. The molecule has 0 bridgehead atoms. The van der Waals surface area contributed by atoms with Crippen molar-refractivity contribution < 1.29 is 28.6 Å². The standard InChI is InChI=1S/C25H30N4O6/c1-3-33-23(31)18-12-19-22(30)28(13-16-9-10-20-21(11-16)35-15-34-20)25(2,14-29(19)27-18)24(32)26-17-7-5-4-6-8-17/h9-12,17H,3-8,13-15H2,1-2H3,(H,26,32)/t25-/m1/s1. The summed E-state index contributed by atoms with van der Waals surface area (Å²) in [6.45, 7) is 4.12. The van der Waals surface area contributed by atoms with Crippen LogP contribution in [0.15, 0.2) is 24.3 Å². The fourth-order valence-electron chi connectivity index (χ4n) is 5.00. The maximum Gasteiger partial charge on any atom is 0.358 e. The lowest BCUT2D eigenvalue weighted by atomic mass is 9.91. The van der Waals surface area contributed by atoms with Gasteiger partial charge in [0.1, 0.15) is 11.2 Å². The minimum absolute atomic E-state index is 0.0511. The molecular formula is C25H30N4O6. The second kappa shape index (κ2) is 9.24. The number of esters is 1. The number of ether oxygens (including phenoxy) is 3. The highest BCUT2D eigenvalue weighted by Gasteiger charge is 2.48. The number of carbonyl (C=O) groups is 3. The summed E-state index contributed by atoms with van der Waals surface area (Å²) >= 11 is 0. The third-order valence-corrected chi connectivity index (χ3v) is 6.99. The normalized spacial score (nSPS) is 21.5. The summed E-state index contributed by atoms with van der Waals surface area (Å²) in [6, 6.07) is 7.01. The summed E-state index contributed by atoms with van der Waals surface area (Å²) in [5, 5.41) is 7.49. The van der Waals surface area contributed by atoms with Gasteiger partial charge in [0, 0.05) is 18.7 Å². The molecule has 35 heavy (non-hydrogen) atoms. The molecule has 3 aliphatic rings. The highest BCUT2D eigenvalue weighted by atomic mass is 16.7. The average molecular weight is 483 g/mol.